The minimum Gasteiger partial charge on any atom is -0.352 e. The number of pyridine rings is 1. The van der Waals surface area contributed by atoms with Crippen LogP contribution < -0.4 is 10.6 Å². The first-order valence-corrected chi connectivity index (χ1v) is 11.2. The highest BCUT2D eigenvalue weighted by molar-refractivity contribution is 8.18. The van der Waals surface area contributed by atoms with Gasteiger partial charge in [-0.2, -0.15) is 0 Å². The second-order valence-corrected chi connectivity index (χ2v) is 9.38. The van der Waals surface area contributed by atoms with Gasteiger partial charge >= 0.3 is 0 Å². The van der Waals surface area contributed by atoms with Gasteiger partial charge in [0.1, 0.15) is 4.58 Å². The van der Waals surface area contributed by atoms with E-state index in [0.29, 0.717) is 12.5 Å². The fourth-order valence-corrected chi connectivity index (χ4v) is 6.10. The first-order valence-electron chi connectivity index (χ1n) is 9.06. The summed E-state index contributed by atoms with van der Waals surface area (Å²) < 4.78 is 13.8. The van der Waals surface area contributed by atoms with Crippen LogP contribution in [0.2, 0.25) is 0 Å². The predicted octanol–water partition coefficient (Wildman–Crippen LogP) is 2.82. The molecule has 0 bridgehead atoms. The van der Waals surface area contributed by atoms with E-state index in [9.17, 15) is 14.0 Å². The fraction of sp³-hybridized carbons (Fsp3) is 0.611. The van der Waals surface area contributed by atoms with Crippen LogP contribution in [0.1, 0.15) is 42.5 Å². The Hall–Kier alpha value is -1.28. The van der Waals surface area contributed by atoms with E-state index >= 15 is 0 Å². The Kier molecular flexibility index (Phi) is 7.19. The van der Waals surface area contributed by atoms with E-state index in [1.165, 1.54) is 12.3 Å². The zero-order chi connectivity index (χ0) is 18.4. The zero-order valence-electron chi connectivity index (χ0n) is 14.6. The van der Waals surface area contributed by atoms with Crippen LogP contribution in [0.25, 0.3) is 0 Å². The Morgan fingerprint density at radius 1 is 1.23 bits per heavy atom. The first kappa shape index (κ1) is 19.5. The van der Waals surface area contributed by atoms with Crippen LogP contribution in [0.5, 0.6) is 0 Å². The lowest BCUT2D eigenvalue weighted by Gasteiger charge is -2.27. The van der Waals surface area contributed by atoms with E-state index < -0.39 is 11.7 Å². The van der Waals surface area contributed by atoms with Crippen molar-refractivity contribution in [3.8, 4) is 0 Å². The van der Waals surface area contributed by atoms with Gasteiger partial charge in [0.15, 0.2) is 5.82 Å². The third-order valence-electron chi connectivity index (χ3n) is 4.84. The van der Waals surface area contributed by atoms with Gasteiger partial charge in [-0.3, -0.25) is 14.6 Å². The van der Waals surface area contributed by atoms with E-state index in [4.69, 9.17) is 0 Å². The van der Waals surface area contributed by atoms with Crippen molar-refractivity contribution in [3.05, 3.63) is 29.8 Å². The molecule has 0 aromatic carbocycles. The normalized spacial score (nSPS) is 19.9. The number of hydrogen-bond donors (Lipinski definition) is 2. The fourth-order valence-electron chi connectivity index (χ4n) is 3.43. The molecule has 2 heterocycles. The molecule has 0 radical (unpaired) electrons. The molecule has 2 N–H and O–H groups in total. The van der Waals surface area contributed by atoms with Gasteiger partial charge in [0.2, 0.25) is 5.91 Å². The van der Waals surface area contributed by atoms with Crippen LogP contribution in [0.4, 0.5) is 4.39 Å². The molecule has 1 unspecified atom stereocenters. The Morgan fingerprint density at radius 3 is 2.65 bits per heavy atom. The number of carbonyl (C=O) groups is 2. The van der Waals surface area contributed by atoms with Crippen LogP contribution >= 0.6 is 23.5 Å². The maximum atomic E-state index is 13.8. The summed E-state index contributed by atoms with van der Waals surface area (Å²) in [4.78, 5) is 28.6. The van der Waals surface area contributed by atoms with Crippen molar-refractivity contribution in [1.82, 2.24) is 15.6 Å². The molecule has 1 aliphatic carbocycles. The highest BCUT2D eigenvalue weighted by atomic mass is 32.2. The third kappa shape index (κ3) is 5.13. The van der Waals surface area contributed by atoms with Crippen molar-refractivity contribution < 1.29 is 14.0 Å². The molecule has 0 spiro atoms. The van der Waals surface area contributed by atoms with Crippen LogP contribution in [0.3, 0.4) is 0 Å². The molecule has 5 nitrogen and oxygen atoms in total. The van der Waals surface area contributed by atoms with Crippen LogP contribution in [0.15, 0.2) is 18.5 Å². The molecule has 3 rings (SSSR count). The highest BCUT2D eigenvalue weighted by Crippen LogP contribution is 2.31. The molecule has 1 saturated carbocycles. The molecule has 2 amide bonds. The van der Waals surface area contributed by atoms with Crippen molar-refractivity contribution in [3.63, 3.8) is 0 Å². The Balaban J connectivity index is 1.60. The average Bonchev–Trinajstić information content (AvgIpc) is 3.20. The monoisotopic (exact) mass is 397 g/mol. The van der Waals surface area contributed by atoms with Gasteiger partial charge in [-0.25, -0.2) is 4.39 Å². The van der Waals surface area contributed by atoms with Gasteiger partial charge in [0.05, 0.1) is 11.8 Å². The number of nitrogens with zero attached hydrogens (tertiary/aromatic N) is 1. The van der Waals surface area contributed by atoms with Crippen molar-refractivity contribution in [2.45, 2.75) is 42.7 Å². The van der Waals surface area contributed by atoms with Crippen LogP contribution in [0, 0.1) is 11.7 Å². The van der Waals surface area contributed by atoms with Gasteiger partial charge in [-0.1, -0.05) is 12.8 Å². The Labute approximate surface area is 161 Å². The molecule has 1 saturated heterocycles. The molecule has 1 aromatic rings. The molecule has 1 aliphatic heterocycles. The number of carbonyl (C=O) groups excluding carboxylic acids is 2. The first-order chi connectivity index (χ1) is 12.6. The number of hydrogen-bond acceptors (Lipinski definition) is 5. The number of rotatable bonds is 6. The van der Waals surface area contributed by atoms with Gasteiger partial charge < -0.3 is 10.6 Å². The van der Waals surface area contributed by atoms with E-state index in [0.717, 1.165) is 49.8 Å². The number of aromatic nitrogens is 1. The summed E-state index contributed by atoms with van der Waals surface area (Å²) >= 11 is 3.35. The molecule has 2 fully saturated rings. The van der Waals surface area contributed by atoms with Crippen molar-refractivity contribution in [2.75, 3.05) is 18.1 Å². The average molecular weight is 398 g/mol. The van der Waals surface area contributed by atoms with E-state index in [1.54, 1.807) is 23.5 Å². The summed E-state index contributed by atoms with van der Waals surface area (Å²) in [6.45, 7) is 0.388. The lowest BCUT2D eigenvalue weighted by molar-refractivity contribution is -0.119. The number of nitrogens with one attached hydrogen (secondary N) is 2. The van der Waals surface area contributed by atoms with Crippen LogP contribution in [-0.2, 0) is 4.79 Å². The summed E-state index contributed by atoms with van der Waals surface area (Å²) in [7, 11) is 0. The SMILES string of the molecule is O=C(NC(CNC(=O)C1SCCCS1)C1CCCC1)c1ccncc1F. The number of halogens is 1. The summed E-state index contributed by atoms with van der Waals surface area (Å²) in [5.41, 5.74) is -0.00675. The minimum atomic E-state index is -0.630. The largest absolute Gasteiger partial charge is 0.352 e. The maximum absolute atomic E-state index is 13.8. The predicted molar refractivity (Wildman–Crippen MR) is 104 cm³/mol. The Morgan fingerprint density at radius 2 is 1.96 bits per heavy atom. The third-order valence-corrected chi connectivity index (χ3v) is 7.74. The topological polar surface area (TPSA) is 71.1 Å². The van der Waals surface area contributed by atoms with E-state index in [2.05, 4.69) is 15.6 Å². The number of thioether (sulfide) groups is 2. The molecule has 142 valence electrons. The molecule has 26 heavy (non-hydrogen) atoms. The molecular weight excluding hydrogens is 373 g/mol. The standard InChI is InChI=1S/C18H24FN3O2S2/c19-14-10-20-7-6-13(14)16(23)22-15(12-4-1-2-5-12)11-21-17(24)18-25-8-3-9-26-18/h6-7,10,12,15,18H,1-5,8-9,11H2,(H,21,24)(H,22,23). The van der Waals surface area contributed by atoms with Crippen molar-refractivity contribution in [1.29, 1.82) is 0 Å². The molecule has 1 atom stereocenters. The minimum absolute atomic E-state index is 0.00675. The van der Waals surface area contributed by atoms with E-state index in [1.807, 2.05) is 0 Å². The number of amides is 2. The maximum Gasteiger partial charge on any atom is 0.254 e. The highest BCUT2D eigenvalue weighted by Gasteiger charge is 2.29. The molecular formula is C18H24FN3O2S2. The lowest BCUT2D eigenvalue weighted by Crippen LogP contribution is -2.48. The molecule has 1 aromatic heterocycles. The lowest BCUT2D eigenvalue weighted by atomic mass is 9.97. The zero-order valence-corrected chi connectivity index (χ0v) is 16.2. The summed E-state index contributed by atoms with van der Waals surface area (Å²) in [6.07, 6.45) is 7.88. The van der Waals surface area contributed by atoms with Gasteiger partial charge in [-0.15, -0.1) is 23.5 Å². The van der Waals surface area contributed by atoms with Crippen molar-refractivity contribution >= 4 is 35.3 Å². The van der Waals surface area contributed by atoms with Gasteiger partial charge in [-0.05, 0) is 42.8 Å². The molecule has 2 aliphatic rings. The summed E-state index contributed by atoms with van der Waals surface area (Å²) in [6, 6.07) is 1.20. The van der Waals surface area contributed by atoms with E-state index in [-0.39, 0.29) is 22.1 Å². The summed E-state index contributed by atoms with van der Waals surface area (Å²) in [5, 5.41) is 5.94. The van der Waals surface area contributed by atoms with Gasteiger partial charge in [0.25, 0.3) is 5.91 Å². The molecule has 8 heteroatoms. The summed E-state index contributed by atoms with van der Waals surface area (Å²) in [5.74, 6) is 1.28. The van der Waals surface area contributed by atoms with Crippen LogP contribution in [-0.4, -0.2) is 45.5 Å². The Bertz CT molecular complexity index is 635. The van der Waals surface area contributed by atoms with Gasteiger partial charge in [0, 0.05) is 18.8 Å². The quantitative estimate of drug-likeness (QED) is 0.772. The van der Waals surface area contributed by atoms with Crippen molar-refractivity contribution in [2.24, 2.45) is 5.92 Å². The second-order valence-electron chi connectivity index (χ2n) is 6.65. The second kappa shape index (κ2) is 9.60. The smallest absolute Gasteiger partial charge is 0.254 e.